The Morgan fingerprint density at radius 1 is 1.64 bits per heavy atom. The smallest absolute Gasteiger partial charge is 0.377 e. The van der Waals surface area contributed by atoms with Crippen molar-refractivity contribution in [1.29, 1.82) is 0 Å². The number of carbonyl (C=O) groups is 1. The first kappa shape index (κ1) is 9.35. The van der Waals surface area contributed by atoms with Gasteiger partial charge >= 0.3 is 5.97 Å². The summed E-state index contributed by atoms with van der Waals surface area (Å²) in [5.74, 6) is -1.32. The van der Waals surface area contributed by atoms with Crippen molar-refractivity contribution < 1.29 is 14.4 Å². The number of thiophene rings is 1. The Labute approximate surface area is 90.5 Å². The molecule has 1 N–H and O–H groups in total. The highest BCUT2D eigenvalue weighted by atomic mass is 79.9. The Morgan fingerprint density at radius 3 is 2.93 bits per heavy atom. The highest BCUT2D eigenvalue weighted by Gasteiger charge is 2.16. The van der Waals surface area contributed by atoms with Crippen LogP contribution in [0.1, 0.15) is 10.6 Å². The molecule has 72 valence electrons. The van der Waals surface area contributed by atoms with Gasteiger partial charge < -0.3 is 9.63 Å². The second-order valence-corrected chi connectivity index (χ2v) is 4.10. The lowest BCUT2D eigenvalue weighted by Crippen LogP contribution is -1.98. The zero-order valence-corrected chi connectivity index (χ0v) is 9.00. The van der Waals surface area contributed by atoms with E-state index in [1.807, 2.05) is 11.4 Å². The van der Waals surface area contributed by atoms with Crippen LogP contribution in [0.5, 0.6) is 0 Å². The quantitative estimate of drug-likeness (QED) is 0.909. The second-order valence-electron chi connectivity index (χ2n) is 2.33. The van der Waals surface area contributed by atoms with Crippen molar-refractivity contribution >= 4 is 33.2 Å². The molecule has 0 bridgehead atoms. The zero-order valence-electron chi connectivity index (χ0n) is 6.60. The summed E-state index contributed by atoms with van der Waals surface area (Å²) >= 11 is 4.68. The molecular formula is C7H3BrN2O3S. The highest BCUT2D eigenvalue weighted by Crippen LogP contribution is 2.31. The molecular weight excluding hydrogens is 272 g/mol. The lowest BCUT2D eigenvalue weighted by Gasteiger charge is -1.86. The van der Waals surface area contributed by atoms with Crippen LogP contribution >= 0.6 is 27.3 Å². The average Bonchev–Trinajstić information content (AvgIpc) is 2.71. The number of carboxylic acids is 1. The van der Waals surface area contributed by atoms with Gasteiger partial charge in [-0.3, -0.25) is 0 Å². The van der Waals surface area contributed by atoms with E-state index in [2.05, 4.69) is 26.1 Å². The van der Waals surface area contributed by atoms with Crippen LogP contribution in [-0.2, 0) is 0 Å². The van der Waals surface area contributed by atoms with Crippen LogP contribution in [0.2, 0.25) is 0 Å². The molecule has 0 spiro atoms. The molecule has 5 nitrogen and oxygen atoms in total. The van der Waals surface area contributed by atoms with Gasteiger partial charge in [-0.25, -0.2) is 4.79 Å². The van der Waals surface area contributed by atoms with E-state index in [4.69, 9.17) is 9.63 Å². The normalized spacial score (nSPS) is 10.4. The minimum atomic E-state index is -1.20. The number of aromatic carboxylic acids is 1. The highest BCUT2D eigenvalue weighted by molar-refractivity contribution is 9.10. The molecule has 0 fully saturated rings. The molecule has 2 aromatic rings. The molecule has 0 amide bonds. The minimum Gasteiger partial charge on any atom is -0.475 e. The number of rotatable bonds is 2. The Hall–Kier alpha value is -1.21. The molecule has 0 aromatic carbocycles. The summed E-state index contributed by atoms with van der Waals surface area (Å²) in [6.07, 6.45) is 0. The third-order valence-electron chi connectivity index (χ3n) is 1.43. The van der Waals surface area contributed by atoms with E-state index in [0.29, 0.717) is 0 Å². The number of hydrogen-bond acceptors (Lipinski definition) is 5. The fourth-order valence-electron chi connectivity index (χ4n) is 0.849. The third kappa shape index (κ3) is 1.55. The molecule has 0 saturated carbocycles. The van der Waals surface area contributed by atoms with Gasteiger partial charge in [0.05, 0.1) is 0 Å². The maximum Gasteiger partial charge on any atom is 0.377 e. The first-order valence-electron chi connectivity index (χ1n) is 3.49. The fraction of sp³-hybridized carbons (Fsp3) is 0. The number of nitrogens with zero attached hydrogens (tertiary/aromatic N) is 2. The van der Waals surface area contributed by atoms with E-state index in [1.54, 1.807) is 0 Å². The van der Waals surface area contributed by atoms with E-state index >= 15 is 0 Å². The van der Waals surface area contributed by atoms with Crippen LogP contribution in [0.3, 0.4) is 0 Å². The summed E-state index contributed by atoms with van der Waals surface area (Å²) in [5.41, 5.74) is 0. The van der Waals surface area contributed by atoms with E-state index in [-0.39, 0.29) is 11.7 Å². The number of aromatic nitrogens is 2. The van der Waals surface area contributed by atoms with Gasteiger partial charge in [0.25, 0.3) is 11.7 Å². The first-order chi connectivity index (χ1) is 6.68. The molecule has 0 aliphatic heterocycles. The lowest BCUT2D eigenvalue weighted by atomic mass is 10.5. The Morgan fingerprint density at radius 2 is 2.43 bits per heavy atom. The van der Waals surface area contributed by atoms with Crippen molar-refractivity contribution in [1.82, 2.24) is 10.1 Å². The second kappa shape index (κ2) is 3.50. The van der Waals surface area contributed by atoms with Crippen LogP contribution < -0.4 is 0 Å². The molecule has 0 aliphatic rings. The SMILES string of the molecule is O=C(O)c1noc(-c2sccc2Br)n1. The van der Waals surface area contributed by atoms with Crippen LogP contribution in [0, 0.1) is 0 Å². The number of halogens is 1. The van der Waals surface area contributed by atoms with Crippen molar-refractivity contribution in [2.75, 3.05) is 0 Å². The Kier molecular flexibility index (Phi) is 2.34. The van der Waals surface area contributed by atoms with Gasteiger partial charge in [-0.05, 0) is 32.5 Å². The monoisotopic (exact) mass is 274 g/mol. The van der Waals surface area contributed by atoms with Crippen LogP contribution in [0.4, 0.5) is 0 Å². The number of carboxylic acid groups (broad SMARTS) is 1. The van der Waals surface area contributed by atoms with Crippen LogP contribution in [0.25, 0.3) is 10.8 Å². The third-order valence-corrected chi connectivity index (χ3v) is 3.25. The summed E-state index contributed by atoms with van der Waals surface area (Å²) in [6, 6.07) is 1.82. The summed E-state index contributed by atoms with van der Waals surface area (Å²) in [4.78, 5) is 14.9. The molecule has 14 heavy (non-hydrogen) atoms. The molecule has 2 rings (SSSR count). The molecule has 0 saturated heterocycles. The van der Waals surface area contributed by atoms with Crippen LogP contribution in [-0.4, -0.2) is 21.2 Å². The zero-order chi connectivity index (χ0) is 10.1. The molecule has 7 heteroatoms. The van der Waals surface area contributed by atoms with Gasteiger partial charge in [0.1, 0.15) is 4.88 Å². The summed E-state index contributed by atoms with van der Waals surface area (Å²) < 4.78 is 5.60. The van der Waals surface area contributed by atoms with Gasteiger partial charge in [-0.15, -0.1) is 11.3 Å². The molecule has 0 aliphatic carbocycles. The van der Waals surface area contributed by atoms with Crippen molar-refractivity contribution in [3.8, 4) is 10.8 Å². The average molecular weight is 275 g/mol. The largest absolute Gasteiger partial charge is 0.475 e. The predicted octanol–water partition coefficient (Wildman–Crippen LogP) is 2.26. The van der Waals surface area contributed by atoms with E-state index < -0.39 is 5.97 Å². The van der Waals surface area contributed by atoms with Crippen molar-refractivity contribution in [2.45, 2.75) is 0 Å². The lowest BCUT2D eigenvalue weighted by molar-refractivity contribution is 0.0680. The van der Waals surface area contributed by atoms with E-state index in [1.165, 1.54) is 11.3 Å². The van der Waals surface area contributed by atoms with E-state index in [9.17, 15) is 4.79 Å². The summed E-state index contributed by atoms with van der Waals surface area (Å²) in [7, 11) is 0. The van der Waals surface area contributed by atoms with Crippen molar-refractivity contribution in [3.63, 3.8) is 0 Å². The Bertz CT molecular complexity index is 479. The minimum absolute atomic E-state index is 0.212. The summed E-state index contributed by atoms with van der Waals surface area (Å²) in [6.45, 7) is 0. The van der Waals surface area contributed by atoms with Gasteiger partial charge in [-0.2, -0.15) is 4.98 Å². The predicted molar refractivity (Wildman–Crippen MR) is 52.3 cm³/mol. The standard InChI is InChI=1S/C7H3BrN2O3S/c8-3-1-2-14-4(3)6-9-5(7(11)12)10-13-6/h1-2H,(H,11,12). The van der Waals surface area contributed by atoms with Gasteiger partial charge in [0.2, 0.25) is 0 Å². The molecule has 2 heterocycles. The molecule has 0 unspecified atom stereocenters. The Balaban J connectivity index is 2.43. The van der Waals surface area contributed by atoms with Gasteiger partial charge in [0, 0.05) is 4.47 Å². The summed E-state index contributed by atoms with van der Waals surface area (Å²) in [5, 5.41) is 13.7. The van der Waals surface area contributed by atoms with E-state index in [0.717, 1.165) is 9.35 Å². The fourth-order valence-corrected chi connectivity index (χ4v) is 2.31. The number of hydrogen-bond donors (Lipinski definition) is 1. The first-order valence-corrected chi connectivity index (χ1v) is 5.16. The topological polar surface area (TPSA) is 76.2 Å². The van der Waals surface area contributed by atoms with Gasteiger partial charge in [-0.1, -0.05) is 0 Å². The molecule has 2 aromatic heterocycles. The maximum atomic E-state index is 10.5. The van der Waals surface area contributed by atoms with Crippen molar-refractivity contribution in [2.24, 2.45) is 0 Å². The van der Waals surface area contributed by atoms with Gasteiger partial charge in [0.15, 0.2) is 0 Å². The van der Waals surface area contributed by atoms with Crippen molar-refractivity contribution in [3.05, 3.63) is 21.7 Å². The molecule has 0 atom stereocenters. The molecule has 0 radical (unpaired) electrons. The van der Waals surface area contributed by atoms with Crippen LogP contribution in [0.15, 0.2) is 20.4 Å². The maximum absolute atomic E-state index is 10.5.